The molecule has 2 atom stereocenters. The number of carbonyl (C=O) groups is 1. The second-order valence-electron chi connectivity index (χ2n) is 6.99. The number of nitrogens with one attached hydrogen (secondary N) is 1. The summed E-state index contributed by atoms with van der Waals surface area (Å²) in [5.41, 5.74) is 6.54. The molecule has 0 saturated carbocycles. The number of rotatable bonds is 5. The van der Waals surface area contributed by atoms with Gasteiger partial charge in [-0.25, -0.2) is 18.6 Å². The number of anilines is 2. The van der Waals surface area contributed by atoms with Crippen LogP contribution < -0.4 is 20.7 Å². The van der Waals surface area contributed by atoms with E-state index in [1.54, 1.807) is 41.8 Å². The molecule has 1 aromatic carbocycles. The Morgan fingerprint density at radius 2 is 2.23 bits per heavy atom. The van der Waals surface area contributed by atoms with Gasteiger partial charge in [0.1, 0.15) is 30.3 Å². The average Bonchev–Trinajstić information content (AvgIpc) is 3.09. The van der Waals surface area contributed by atoms with Crippen molar-refractivity contribution < 1.29 is 27.8 Å². The van der Waals surface area contributed by atoms with E-state index in [0.717, 1.165) is 17.2 Å². The van der Waals surface area contributed by atoms with E-state index in [0.29, 0.717) is 36.0 Å². The highest BCUT2D eigenvalue weighted by Crippen LogP contribution is 2.37. The summed E-state index contributed by atoms with van der Waals surface area (Å²) >= 11 is 0. The number of imidazole rings is 1. The largest absolute Gasteiger partial charge is 0.491 e. The smallest absolute Gasteiger partial charge is 0.289 e. The molecule has 0 unspecified atom stereocenters. The predicted octanol–water partition coefficient (Wildman–Crippen LogP) is 1.89. The first-order chi connectivity index (χ1) is 14.9. The molecule has 1 aromatic heterocycles. The number of primary amides is 1. The summed E-state index contributed by atoms with van der Waals surface area (Å²) in [4.78, 5) is 28.1. The molecule has 31 heavy (non-hydrogen) atoms. The quantitative estimate of drug-likeness (QED) is 0.696. The fraction of sp³-hybridized carbons (Fsp3) is 0.300. The molecule has 4 rings (SSSR count). The Kier molecular flexibility index (Phi) is 5.35. The lowest BCUT2D eigenvalue weighted by Crippen LogP contribution is -2.41. The van der Waals surface area contributed by atoms with Gasteiger partial charge in [-0.3, -0.25) is 9.69 Å². The fourth-order valence-electron chi connectivity index (χ4n) is 3.38. The molecule has 0 bridgehead atoms. The second-order valence-corrected chi connectivity index (χ2v) is 6.99. The lowest BCUT2D eigenvalue weighted by atomic mass is 10.1. The average molecular weight is 431 g/mol. The summed E-state index contributed by atoms with van der Waals surface area (Å²) < 4.78 is 39.8. The minimum Gasteiger partial charge on any atom is -0.491 e. The third-order valence-corrected chi connectivity index (χ3v) is 4.95. The number of halogens is 2. The second kappa shape index (κ2) is 8.11. The van der Waals surface area contributed by atoms with E-state index in [4.69, 9.17) is 15.2 Å². The van der Waals surface area contributed by atoms with Crippen LogP contribution in [0.2, 0.25) is 0 Å². The zero-order valence-electron chi connectivity index (χ0n) is 16.4. The van der Waals surface area contributed by atoms with Crippen molar-refractivity contribution in [2.75, 3.05) is 16.8 Å². The lowest BCUT2D eigenvalue weighted by Gasteiger charge is -2.30. The molecular weight excluding hydrogens is 412 g/mol. The Balaban J connectivity index is 1.73. The van der Waals surface area contributed by atoms with Crippen molar-refractivity contribution >= 4 is 23.4 Å². The van der Waals surface area contributed by atoms with Crippen LogP contribution in [0, 0.1) is 0 Å². The van der Waals surface area contributed by atoms with E-state index >= 15 is 0 Å². The number of carbonyl (C=O) groups excluding carboxylic acids is 2. The SMILES string of the molecule is C[C@H](Nc1ccc2c(c1)OCCn1cc(N3C(=C=O)OC=C[C@H]3C(F)F)nc1-2)C(N)=O. The summed E-state index contributed by atoms with van der Waals surface area (Å²) in [5.74, 6) is 1.77. The van der Waals surface area contributed by atoms with Crippen LogP contribution in [0.3, 0.4) is 0 Å². The van der Waals surface area contributed by atoms with Gasteiger partial charge in [-0.05, 0) is 25.1 Å². The van der Waals surface area contributed by atoms with E-state index in [-0.39, 0.29) is 5.82 Å². The first-order valence-corrected chi connectivity index (χ1v) is 9.45. The molecule has 162 valence electrons. The number of hydrogen-bond acceptors (Lipinski definition) is 7. The molecular formula is C20H19F2N5O4. The molecule has 0 saturated heterocycles. The van der Waals surface area contributed by atoms with Crippen molar-refractivity contribution in [2.45, 2.75) is 32.0 Å². The van der Waals surface area contributed by atoms with Crippen molar-refractivity contribution in [1.82, 2.24) is 9.55 Å². The minimum absolute atomic E-state index is 0.125. The first-order valence-electron chi connectivity index (χ1n) is 9.45. The molecule has 1 amide bonds. The Labute approximate surface area is 175 Å². The van der Waals surface area contributed by atoms with Gasteiger partial charge in [0.15, 0.2) is 11.8 Å². The van der Waals surface area contributed by atoms with Gasteiger partial charge in [-0.2, -0.15) is 0 Å². The third-order valence-electron chi connectivity index (χ3n) is 4.95. The molecule has 0 aliphatic carbocycles. The maximum Gasteiger partial charge on any atom is 0.289 e. The predicted molar refractivity (Wildman–Crippen MR) is 107 cm³/mol. The number of alkyl halides is 2. The van der Waals surface area contributed by atoms with Gasteiger partial charge in [0.2, 0.25) is 5.91 Å². The molecule has 11 heteroatoms. The highest BCUT2D eigenvalue weighted by atomic mass is 19.3. The van der Waals surface area contributed by atoms with Gasteiger partial charge in [-0.15, -0.1) is 0 Å². The van der Waals surface area contributed by atoms with Gasteiger partial charge in [0.25, 0.3) is 12.3 Å². The van der Waals surface area contributed by atoms with Crippen LogP contribution in [0.25, 0.3) is 11.4 Å². The number of aromatic nitrogens is 2. The van der Waals surface area contributed by atoms with Gasteiger partial charge in [0, 0.05) is 18.0 Å². The maximum atomic E-state index is 13.6. The number of nitrogens with zero attached hydrogens (tertiary/aromatic N) is 3. The van der Waals surface area contributed by atoms with Crippen molar-refractivity contribution in [3.63, 3.8) is 0 Å². The zero-order chi connectivity index (χ0) is 22.1. The highest BCUT2D eigenvalue weighted by Gasteiger charge is 2.35. The van der Waals surface area contributed by atoms with Crippen LogP contribution in [-0.4, -0.2) is 46.5 Å². The Bertz CT molecular complexity index is 1090. The molecule has 3 N–H and O–H groups in total. The van der Waals surface area contributed by atoms with E-state index in [9.17, 15) is 18.4 Å². The summed E-state index contributed by atoms with van der Waals surface area (Å²) in [7, 11) is 0. The van der Waals surface area contributed by atoms with Crippen LogP contribution in [-0.2, 0) is 20.9 Å². The molecule has 0 spiro atoms. The van der Waals surface area contributed by atoms with Gasteiger partial charge in [0.05, 0.1) is 18.4 Å². The number of fused-ring (bicyclic) bond motifs is 3. The van der Waals surface area contributed by atoms with Gasteiger partial charge >= 0.3 is 0 Å². The third kappa shape index (κ3) is 3.82. The molecule has 2 aliphatic heterocycles. The van der Waals surface area contributed by atoms with Crippen LogP contribution in [0.4, 0.5) is 20.3 Å². The molecule has 2 aromatic rings. The van der Waals surface area contributed by atoms with E-state index < -0.39 is 30.3 Å². The van der Waals surface area contributed by atoms with Crippen LogP contribution in [0.5, 0.6) is 5.75 Å². The molecule has 0 radical (unpaired) electrons. The standard InChI is InChI=1S/C20H19F2N5O4/c1-11(19(23)29)24-12-2-3-13-15(8-12)30-7-5-26-9-16(25-20(13)26)27-14(18(21)22)4-6-31-17(27)10-28/h2-4,6,8-9,11,14,18,24H,5,7H2,1H3,(H2,23,29)/t11-,14-/m0/s1. The van der Waals surface area contributed by atoms with E-state index in [2.05, 4.69) is 10.3 Å². The molecule has 2 aliphatic rings. The summed E-state index contributed by atoms with van der Waals surface area (Å²) in [5, 5.41) is 2.98. The number of benzene rings is 1. The van der Waals surface area contributed by atoms with Crippen molar-refractivity contribution in [2.24, 2.45) is 5.73 Å². The Morgan fingerprint density at radius 1 is 1.42 bits per heavy atom. The summed E-state index contributed by atoms with van der Waals surface area (Å²) in [6, 6.07) is 3.19. The topological polar surface area (TPSA) is 112 Å². The molecule has 3 heterocycles. The van der Waals surface area contributed by atoms with Crippen molar-refractivity contribution in [1.29, 1.82) is 0 Å². The zero-order valence-corrected chi connectivity index (χ0v) is 16.4. The minimum atomic E-state index is -2.78. The Hall–Kier alpha value is -3.85. The maximum absolute atomic E-state index is 13.6. The summed E-state index contributed by atoms with van der Waals surface area (Å²) in [6.45, 7) is 2.34. The molecule has 9 nitrogen and oxygen atoms in total. The van der Waals surface area contributed by atoms with Crippen LogP contribution >= 0.6 is 0 Å². The number of amides is 1. The van der Waals surface area contributed by atoms with E-state index in [1.165, 1.54) is 0 Å². The van der Waals surface area contributed by atoms with Gasteiger partial charge < -0.3 is 25.1 Å². The van der Waals surface area contributed by atoms with Crippen LogP contribution in [0.1, 0.15) is 6.92 Å². The first kappa shape index (κ1) is 20.4. The number of nitrogens with two attached hydrogens (primary N) is 1. The highest BCUT2D eigenvalue weighted by molar-refractivity contribution is 5.83. The number of hydrogen-bond donors (Lipinski definition) is 2. The van der Waals surface area contributed by atoms with Crippen LogP contribution in [0.15, 0.2) is 42.6 Å². The van der Waals surface area contributed by atoms with Crippen molar-refractivity contribution in [3.05, 3.63) is 42.6 Å². The van der Waals surface area contributed by atoms with E-state index in [1.807, 2.05) is 0 Å². The van der Waals surface area contributed by atoms with Crippen molar-refractivity contribution in [3.8, 4) is 17.1 Å². The fourth-order valence-corrected chi connectivity index (χ4v) is 3.38. The Morgan fingerprint density at radius 3 is 2.94 bits per heavy atom. The summed E-state index contributed by atoms with van der Waals surface area (Å²) in [6.07, 6.45) is 0.982. The molecule has 0 fully saturated rings. The number of ether oxygens (including phenoxy) is 2. The lowest BCUT2D eigenvalue weighted by molar-refractivity contribution is -0.118. The normalized spacial score (nSPS) is 18.3. The monoisotopic (exact) mass is 431 g/mol. The van der Waals surface area contributed by atoms with Gasteiger partial charge in [-0.1, -0.05) is 0 Å².